The fraction of sp³-hybridized carbons (Fsp3) is 1.00. The Balaban J connectivity index is 1.36. The zero-order chi connectivity index (χ0) is 16.5. The molecule has 136 valence electrons. The molecule has 1 heterocycles. The lowest BCUT2D eigenvalue weighted by molar-refractivity contribution is -0.127. The van der Waals surface area contributed by atoms with Crippen LogP contribution in [0.15, 0.2) is 0 Å². The summed E-state index contributed by atoms with van der Waals surface area (Å²) in [6.07, 6.45) is 12.2. The summed E-state index contributed by atoms with van der Waals surface area (Å²) in [5.41, 5.74) is 0.239. The molecule has 4 aliphatic carbocycles. The van der Waals surface area contributed by atoms with E-state index in [1.54, 1.807) is 0 Å². The van der Waals surface area contributed by atoms with Gasteiger partial charge in [0.15, 0.2) is 0 Å². The van der Waals surface area contributed by atoms with Crippen molar-refractivity contribution in [1.82, 2.24) is 0 Å². The molecule has 1 N–H and O–H groups in total. The van der Waals surface area contributed by atoms with Crippen LogP contribution in [0.1, 0.15) is 71.6 Å². The quantitative estimate of drug-likeness (QED) is 0.757. The first-order valence-corrected chi connectivity index (χ1v) is 10.8. The summed E-state index contributed by atoms with van der Waals surface area (Å²) >= 11 is 0. The first kappa shape index (κ1) is 16.1. The average Bonchev–Trinajstić information content (AvgIpc) is 2.82. The Kier molecular flexibility index (Phi) is 3.67. The predicted octanol–water partition coefficient (Wildman–Crippen LogP) is 4.65. The van der Waals surface area contributed by atoms with Crippen LogP contribution in [0.4, 0.5) is 0 Å². The van der Waals surface area contributed by atoms with Gasteiger partial charge in [-0.3, -0.25) is 0 Å². The minimum Gasteiger partial charge on any atom is -0.390 e. The predicted molar refractivity (Wildman–Crippen MR) is 95.5 cm³/mol. The van der Waals surface area contributed by atoms with Gasteiger partial charge >= 0.3 is 0 Å². The number of aliphatic hydroxyl groups is 1. The third kappa shape index (κ3) is 2.28. The summed E-state index contributed by atoms with van der Waals surface area (Å²) in [5.74, 6) is 6.54. The maximum absolute atomic E-state index is 10.5. The molecule has 5 fully saturated rings. The van der Waals surface area contributed by atoms with Crippen molar-refractivity contribution in [3.05, 3.63) is 0 Å². The number of ether oxygens (including phenoxy) is 1. The second-order valence-corrected chi connectivity index (χ2v) is 10.7. The summed E-state index contributed by atoms with van der Waals surface area (Å²) in [6.45, 7) is 6.82. The number of hydrogen-bond donors (Lipinski definition) is 1. The molecule has 0 bridgehead atoms. The average molecular weight is 333 g/mol. The van der Waals surface area contributed by atoms with Gasteiger partial charge in [-0.1, -0.05) is 6.92 Å². The van der Waals surface area contributed by atoms with E-state index in [4.69, 9.17) is 4.74 Å². The van der Waals surface area contributed by atoms with Crippen molar-refractivity contribution in [1.29, 1.82) is 0 Å². The highest BCUT2D eigenvalue weighted by atomic mass is 16.5. The Labute approximate surface area is 147 Å². The molecule has 5 aliphatic rings. The van der Waals surface area contributed by atoms with E-state index in [2.05, 4.69) is 13.8 Å². The van der Waals surface area contributed by atoms with Crippen LogP contribution >= 0.6 is 0 Å². The van der Waals surface area contributed by atoms with Crippen molar-refractivity contribution < 1.29 is 9.84 Å². The highest BCUT2D eigenvalue weighted by Crippen LogP contribution is 2.66. The molecule has 0 aromatic heterocycles. The highest BCUT2D eigenvalue weighted by molar-refractivity contribution is 5.08. The lowest BCUT2D eigenvalue weighted by atomic mass is 9.48. The summed E-state index contributed by atoms with van der Waals surface area (Å²) < 4.78 is 5.55. The lowest BCUT2D eigenvalue weighted by Crippen LogP contribution is -2.52. The van der Waals surface area contributed by atoms with Gasteiger partial charge in [0.05, 0.1) is 18.8 Å². The molecule has 8 atom stereocenters. The van der Waals surface area contributed by atoms with Gasteiger partial charge < -0.3 is 9.84 Å². The molecule has 2 nitrogen and oxygen atoms in total. The topological polar surface area (TPSA) is 29.5 Å². The minimum absolute atomic E-state index is 0.375. The molecule has 0 radical (unpaired) electrons. The van der Waals surface area contributed by atoms with Gasteiger partial charge in [0.2, 0.25) is 0 Å². The molecule has 5 rings (SSSR count). The molecular weight excluding hydrogens is 296 g/mol. The van der Waals surface area contributed by atoms with Crippen molar-refractivity contribution in [3.63, 3.8) is 0 Å². The van der Waals surface area contributed by atoms with Gasteiger partial charge in [0.1, 0.15) is 0 Å². The lowest BCUT2D eigenvalue weighted by Gasteiger charge is -2.57. The highest BCUT2D eigenvalue weighted by Gasteiger charge is 2.59. The second-order valence-electron chi connectivity index (χ2n) is 10.7. The van der Waals surface area contributed by atoms with Crippen LogP contribution in [-0.4, -0.2) is 23.9 Å². The fourth-order valence-corrected chi connectivity index (χ4v) is 8.38. The summed E-state index contributed by atoms with van der Waals surface area (Å²) in [5, 5.41) is 10.5. The van der Waals surface area contributed by atoms with Crippen LogP contribution < -0.4 is 0 Å². The molecule has 1 aliphatic heterocycles. The maximum atomic E-state index is 10.5. The molecule has 0 amide bonds. The second kappa shape index (κ2) is 5.46. The number of fused-ring (bicyclic) bond motifs is 5. The van der Waals surface area contributed by atoms with Gasteiger partial charge in [-0.05, 0) is 106 Å². The van der Waals surface area contributed by atoms with E-state index in [0.717, 1.165) is 67.5 Å². The molecule has 0 aromatic rings. The standard InChI is InChI=1S/C22H36O2/c1-21(23)9-7-16-14(11-21)3-4-18-17(16)8-10-22(2)19(5-6-20(18)22)15-12-24-13-15/h14-20,23H,3-13H2,1-2H3/t14-,16+,17-,18-,19-,20+,21-,22-/m1/s1. The van der Waals surface area contributed by atoms with Crippen LogP contribution in [0.3, 0.4) is 0 Å². The molecule has 0 unspecified atom stereocenters. The van der Waals surface area contributed by atoms with Gasteiger partial charge in [0, 0.05) is 5.92 Å². The molecule has 24 heavy (non-hydrogen) atoms. The van der Waals surface area contributed by atoms with Gasteiger partial charge in [-0.15, -0.1) is 0 Å². The van der Waals surface area contributed by atoms with Crippen molar-refractivity contribution in [2.24, 2.45) is 46.8 Å². The monoisotopic (exact) mass is 332 g/mol. The van der Waals surface area contributed by atoms with Crippen LogP contribution in [0.5, 0.6) is 0 Å². The van der Waals surface area contributed by atoms with Gasteiger partial charge in [0.25, 0.3) is 0 Å². The zero-order valence-corrected chi connectivity index (χ0v) is 15.7. The van der Waals surface area contributed by atoms with Crippen molar-refractivity contribution in [2.45, 2.75) is 77.2 Å². The van der Waals surface area contributed by atoms with Crippen LogP contribution in [0.2, 0.25) is 0 Å². The van der Waals surface area contributed by atoms with E-state index in [0.29, 0.717) is 5.41 Å². The van der Waals surface area contributed by atoms with E-state index in [-0.39, 0.29) is 5.60 Å². The summed E-state index contributed by atoms with van der Waals surface area (Å²) in [7, 11) is 0. The maximum Gasteiger partial charge on any atom is 0.0622 e. The van der Waals surface area contributed by atoms with E-state index in [1.165, 1.54) is 44.9 Å². The van der Waals surface area contributed by atoms with Crippen LogP contribution in [0, 0.1) is 46.8 Å². The van der Waals surface area contributed by atoms with Crippen molar-refractivity contribution >= 4 is 0 Å². The largest absolute Gasteiger partial charge is 0.390 e. The molecule has 4 saturated carbocycles. The van der Waals surface area contributed by atoms with Crippen molar-refractivity contribution in [3.8, 4) is 0 Å². The Morgan fingerprint density at radius 1 is 0.750 bits per heavy atom. The van der Waals surface area contributed by atoms with Crippen LogP contribution in [0.25, 0.3) is 0 Å². The molecule has 2 heteroatoms. The Morgan fingerprint density at radius 3 is 2.25 bits per heavy atom. The zero-order valence-electron chi connectivity index (χ0n) is 15.7. The van der Waals surface area contributed by atoms with E-state index < -0.39 is 0 Å². The van der Waals surface area contributed by atoms with Crippen LogP contribution in [-0.2, 0) is 4.74 Å². The van der Waals surface area contributed by atoms with Gasteiger partial charge in [-0.2, -0.15) is 0 Å². The minimum atomic E-state index is -0.375. The Morgan fingerprint density at radius 2 is 1.50 bits per heavy atom. The number of hydrogen-bond acceptors (Lipinski definition) is 2. The van der Waals surface area contributed by atoms with Crippen molar-refractivity contribution in [2.75, 3.05) is 13.2 Å². The SMILES string of the molecule is C[C@@]1(O)CC[C@H]2[C@H](CC[C@@H]3[C@@H]2CC[C@]2(C)[C@@H](C4COC4)CC[C@@H]32)C1. The summed E-state index contributed by atoms with van der Waals surface area (Å²) in [6, 6.07) is 0. The summed E-state index contributed by atoms with van der Waals surface area (Å²) in [4.78, 5) is 0. The van der Waals surface area contributed by atoms with E-state index >= 15 is 0 Å². The third-order valence-electron chi connectivity index (χ3n) is 9.54. The molecular formula is C22H36O2. The van der Waals surface area contributed by atoms with Gasteiger partial charge in [-0.25, -0.2) is 0 Å². The van der Waals surface area contributed by atoms with E-state index in [1.807, 2.05) is 0 Å². The normalized spacial score (nSPS) is 57.6. The van der Waals surface area contributed by atoms with E-state index in [9.17, 15) is 5.11 Å². The Hall–Kier alpha value is -0.0800. The molecule has 0 spiro atoms. The first-order valence-electron chi connectivity index (χ1n) is 10.8. The third-order valence-corrected chi connectivity index (χ3v) is 9.54. The molecule has 1 saturated heterocycles. The molecule has 0 aromatic carbocycles. The fourth-order valence-electron chi connectivity index (χ4n) is 8.38. The smallest absolute Gasteiger partial charge is 0.0622 e. The Bertz CT molecular complexity index is 496. The first-order chi connectivity index (χ1) is 11.5. The number of rotatable bonds is 1.